The van der Waals surface area contributed by atoms with Gasteiger partial charge in [-0.3, -0.25) is 9.59 Å². The molecular formula is C47H89NO7. The van der Waals surface area contributed by atoms with E-state index in [9.17, 15) is 19.5 Å². The maximum atomic E-state index is 12.7. The number of carbonyl (C=O) groups excluding carboxylic acids is 3. The van der Waals surface area contributed by atoms with E-state index in [1.165, 1.54) is 135 Å². The number of quaternary nitrogens is 1. The first kappa shape index (κ1) is 53.1. The van der Waals surface area contributed by atoms with Crippen molar-refractivity contribution in [2.45, 2.75) is 231 Å². The zero-order valence-electron chi connectivity index (χ0n) is 36.9. The van der Waals surface area contributed by atoms with Gasteiger partial charge in [0, 0.05) is 19.3 Å². The lowest BCUT2D eigenvalue weighted by molar-refractivity contribution is -0.889. The predicted octanol–water partition coefficient (Wildman–Crippen LogP) is 11.4. The quantitative estimate of drug-likeness (QED) is 0.0263. The molecule has 0 rings (SSSR count). The normalized spacial score (nSPS) is 13.0. The van der Waals surface area contributed by atoms with E-state index in [2.05, 4.69) is 26.0 Å². The fourth-order valence-corrected chi connectivity index (χ4v) is 7.01. The number of ether oxygens (including phenoxy) is 3. The van der Waals surface area contributed by atoms with Gasteiger partial charge in [-0.25, -0.2) is 0 Å². The number of esters is 2. The van der Waals surface area contributed by atoms with E-state index in [4.69, 9.17) is 14.2 Å². The molecule has 324 valence electrons. The van der Waals surface area contributed by atoms with Gasteiger partial charge in [-0.2, -0.15) is 0 Å². The molecule has 0 aromatic heterocycles. The second kappa shape index (κ2) is 38.9. The summed E-state index contributed by atoms with van der Waals surface area (Å²) in [6.07, 6.45) is 40.9. The Balaban J connectivity index is 4.28. The van der Waals surface area contributed by atoms with Crippen molar-refractivity contribution >= 4 is 17.9 Å². The van der Waals surface area contributed by atoms with Crippen LogP contribution in [0.15, 0.2) is 12.2 Å². The molecule has 0 aromatic rings. The maximum absolute atomic E-state index is 12.7. The van der Waals surface area contributed by atoms with Crippen molar-refractivity contribution in [2.24, 2.45) is 0 Å². The lowest BCUT2D eigenvalue weighted by Crippen LogP contribution is -2.55. The number of likely N-dealkylation sites (N-methyl/N-ethyl adjacent to an activating group) is 1. The second-order valence-electron chi connectivity index (χ2n) is 17.0. The number of carbonyl (C=O) groups is 3. The van der Waals surface area contributed by atoms with Crippen molar-refractivity contribution in [2.75, 3.05) is 41.0 Å². The van der Waals surface area contributed by atoms with E-state index < -0.39 is 18.1 Å². The van der Waals surface area contributed by atoms with Gasteiger partial charge < -0.3 is 28.6 Å². The summed E-state index contributed by atoms with van der Waals surface area (Å²) in [5.41, 5.74) is 0. The molecule has 0 radical (unpaired) electrons. The lowest BCUT2D eigenvalue weighted by atomic mass is 10.0. The van der Waals surface area contributed by atoms with Crippen LogP contribution in [0.3, 0.4) is 0 Å². The van der Waals surface area contributed by atoms with Crippen LogP contribution in [0, 0.1) is 0 Å². The highest BCUT2D eigenvalue weighted by Crippen LogP contribution is 2.16. The summed E-state index contributed by atoms with van der Waals surface area (Å²) in [5, 5.41) is 11.6. The van der Waals surface area contributed by atoms with Crippen LogP contribution in [0.4, 0.5) is 0 Å². The fourth-order valence-electron chi connectivity index (χ4n) is 7.01. The molecule has 55 heavy (non-hydrogen) atoms. The van der Waals surface area contributed by atoms with Crippen molar-refractivity contribution in [1.29, 1.82) is 0 Å². The molecule has 0 saturated heterocycles. The zero-order chi connectivity index (χ0) is 40.7. The van der Waals surface area contributed by atoms with Gasteiger partial charge in [0.05, 0.1) is 40.3 Å². The average molecular weight is 780 g/mol. The third-order valence-corrected chi connectivity index (χ3v) is 10.7. The topological polar surface area (TPSA) is 102 Å². The second-order valence-corrected chi connectivity index (χ2v) is 17.0. The molecule has 0 aliphatic carbocycles. The van der Waals surface area contributed by atoms with Crippen LogP contribution in [0.5, 0.6) is 0 Å². The van der Waals surface area contributed by atoms with Crippen molar-refractivity contribution < 1.29 is 38.2 Å². The number of rotatable bonds is 42. The Kier molecular flexibility index (Phi) is 37.6. The third-order valence-electron chi connectivity index (χ3n) is 10.7. The summed E-state index contributed by atoms with van der Waals surface area (Å²) >= 11 is 0. The highest BCUT2D eigenvalue weighted by atomic mass is 16.6. The summed E-state index contributed by atoms with van der Waals surface area (Å²) in [6.45, 7) is 4.67. The van der Waals surface area contributed by atoms with E-state index in [1.807, 2.05) is 0 Å². The highest BCUT2D eigenvalue weighted by molar-refractivity contribution is 5.70. The summed E-state index contributed by atoms with van der Waals surface area (Å²) in [4.78, 5) is 36.9. The molecular weight excluding hydrogens is 691 g/mol. The van der Waals surface area contributed by atoms with Gasteiger partial charge in [0.15, 0.2) is 6.10 Å². The van der Waals surface area contributed by atoms with Crippen LogP contribution in [0.2, 0.25) is 0 Å². The Morgan fingerprint density at radius 3 is 1.33 bits per heavy atom. The molecule has 0 amide bonds. The molecule has 0 saturated carbocycles. The number of carboxylic acids is 1. The standard InChI is InChI=1S/C47H89NO7/c1-6-8-10-12-14-16-18-20-21-22-23-24-26-28-30-32-34-36-38-46(50)55-43(41-53-40-39-44(47(51)52)48(3,4)5)42-54-45(49)37-35-33-31-29-27-25-19-17-15-13-11-9-7-2/h25,27,43-44H,6-24,26,28-42H2,1-5H3/b27-25+. The Morgan fingerprint density at radius 1 is 0.527 bits per heavy atom. The predicted molar refractivity (Wildman–Crippen MR) is 227 cm³/mol. The van der Waals surface area contributed by atoms with Crippen molar-refractivity contribution in [1.82, 2.24) is 0 Å². The highest BCUT2D eigenvalue weighted by Gasteiger charge is 2.25. The van der Waals surface area contributed by atoms with Gasteiger partial charge in [-0.15, -0.1) is 0 Å². The number of allylic oxidation sites excluding steroid dienone is 2. The van der Waals surface area contributed by atoms with Gasteiger partial charge in [0.25, 0.3) is 0 Å². The molecule has 2 unspecified atom stereocenters. The van der Waals surface area contributed by atoms with Crippen LogP contribution in [0.1, 0.15) is 219 Å². The van der Waals surface area contributed by atoms with Gasteiger partial charge >= 0.3 is 11.9 Å². The number of hydrogen-bond donors (Lipinski definition) is 0. The maximum Gasteiger partial charge on any atom is 0.306 e. The van der Waals surface area contributed by atoms with Crippen molar-refractivity contribution in [3.05, 3.63) is 12.2 Å². The molecule has 2 atom stereocenters. The Labute approximate surface area is 339 Å². The molecule has 0 N–H and O–H groups in total. The largest absolute Gasteiger partial charge is 0.544 e. The molecule has 0 aliphatic heterocycles. The van der Waals surface area contributed by atoms with Crippen LogP contribution in [-0.2, 0) is 28.6 Å². The first-order valence-corrected chi connectivity index (χ1v) is 23.2. The van der Waals surface area contributed by atoms with E-state index in [-0.39, 0.29) is 42.7 Å². The average Bonchev–Trinajstić information content (AvgIpc) is 3.14. The lowest BCUT2D eigenvalue weighted by Gasteiger charge is -2.34. The SMILES string of the molecule is CCCCCCCC/C=C/CCCCCC(=O)OCC(COCCC(C(=O)[O-])[N+](C)(C)C)OC(=O)CCCCCCCCCCCCCCCCCCCC. The zero-order valence-corrected chi connectivity index (χ0v) is 36.9. The number of aliphatic carboxylic acids is 1. The van der Waals surface area contributed by atoms with E-state index >= 15 is 0 Å². The molecule has 0 heterocycles. The number of nitrogens with zero attached hydrogens (tertiary/aromatic N) is 1. The fraction of sp³-hybridized carbons (Fsp3) is 0.894. The minimum absolute atomic E-state index is 0.0418. The van der Waals surface area contributed by atoms with E-state index in [0.717, 1.165) is 51.4 Å². The Morgan fingerprint density at radius 2 is 0.909 bits per heavy atom. The van der Waals surface area contributed by atoms with Crippen LogP contribution < -0.4 is 5.11 Å². The summed E-state index contributed by atoms with van der Waals surface area (Å²) in [6, 6.07) is -0.723. The molecule has 0 aromatic carbocycles. The van der Waals surface area contributed by atoms with Crippen LogP contribution in [-0.4, -0.2) is 75.5 Å². The summed E-state index contributed by atoms with van der Waals surface area (Å²) < 4.78 is 17.2. The van der Waals surface area contributed by atoms with Crippen molar-refractivity contribution in [3.63, 3.8) is 0 Å². The van der Waals surface area contributed by atoms with Gasteiger partial charge in [0.1, 0.15) is 12.6 Å². The smallest absolute Gasteiger partial charge is 0.306 e. The van der Waals surface area contributed by atoms with Gasteiger partial charge in [0.2, 0.25) is 0 Å². The van der Waals surface area contributed by atoms with Crippen molar-refractivity contribution in [3.8, 4) is 0 Å². The van der Waals surface area contributed by atoms with E-state index in [1.54, 1.807) is 21.1 Å². The minimum Gasteiger partial charge on any atom is -0.544 e. The third kappa shape index (κ3) is 37.4. The van der Waals surface area contributed by atoms with Crippen LogP contribution in [0.25, 0.3) is 0 Å². The monoisotopic (exact) mass is 780 g/mol. The number of unbranched alkanes of at least 4 members (excludes halogenated alkanes) is 26. The summed E-state index contributed by atoms with van der Waals surface area (Å²) in [7, 11) is 5.41. The first-order chi connectivity index (χ1) is 26.6. The Hall–Kier alpha value is -1.93. The molecule has 0 bridgehead atoms. The number of hydrogen-bond acceptors (Lipinski definition) is 7. The first-order valence-electron chi connectivity index (χ1n) is 23.2. The molecule has 0 spiro atoms. The Bertz CT molecular complexity index is 915. The minimum atomic E-state index is -1.12. The molecule has 0 fully saturated rings. The van der Waals surface area contributed by atoms with Gasteiger partial charge in [-0.1, -0.05) is 174 Å². The van der Waals surface area contributed by atoms with Gasteiger partial charge in [-0.05, 0) is 38.5 Å². The number of carboxylic acid groups (broad SMARTS) is 1. The summed E-state index contributed by atoms with van der Waals surface area (Å²) in [5.74, 6) is -1.74. The molecule has 0 aliphatic rings. The van der Waals surface area contributed by atoms with Crippen LogP contribution >= 0.6 is 0 Å². The molecule has 8 heteroatoms. The molecule has 8 nitrogen and oxygen atoms in total. The van der Waals surface area contributed by atoms with E-state index in [0.29, 0.717) is 12.8 Å².